The highest BCUT2D eigenvalue weighted by molar-refractivity contribution is 6.39. The number of halogens is 1. The number of likely N-dealkylation sites (tertiary alicyclic amines) is 1. The fourth-order valence-electron chi connectivity index (χ4n) is 3.76. The number of carbonyl (C=O) groups excluding carboxylic acids is 3. The molecule has 4 rings (SSSR count). The Bertz CT molecular complexity index is 1130. The lowest BCUT2D eigenvalue weighted by Gasteiger charge is -2.31. The highest BCUT2D eigenvalue weighted by Gasteiger charge is 2.26. The van der Waals surface area contributed by atoms with Crippen LogP contribution in [0.5, 0.6) is 0 Å². The van der Waals surface area contributed by atoms with E-state index < -0.39 is 11.8 Å². The Kier molecular flexibility index (Phi) is 6.46. The summed E-state index contributed by atoms with van der Waals surface area (Å²) in [4.78, 5) is 38.8. The second kappa shape index (κ2) is 9.44. The van der Waals surface area contributed by atoms with Gasteiger partial charge in [0.2, 0.25) is 0 Å². The molecule has 0 spiro atoms. The average Bonchev–Trinajstić information content (AvgIpc) is 3.24. The third-order valence-electron chi connectivity index (χ3n) is 5.73. The van der Waals surface area contributed by atoms with E-state index in [0.29, 0.717) is 41.7 Å². The zero-order valence-corrected chi connectivity index (χ0v) is 18.4. The number of fused-ring (bicyclic) bond motifs is 1. The van der Waals surface area contributed by atoms with Crippen molar-refractivity contribution in [1.82, 2.24) is 10.2 Å². The van der Waals surface area contributed by atoms with Crippen molar-refractivity contribution in [3.05, 3.63) is 64.9 Å². The van der Waals surface area contributed by atoms with Crippen LogP contribution in [0.2, 0.25) is 5.02 Å². The number of hydrogen-bond donors (Lipinski definition) is 2. The first-order valence-electron chi connectivity index (χ1n) is 10.5. The number of aryl methyl sites for hydroxylation is 1. The summed E-state index contributed by atoms with van der Waals surface area (Å²) in [5.41, 5.74) is 2.05. The summed E-state index contributed by atoms with van der Waals surface area (Å²) in [6, 6.07) is 14.4. The van der Waals surface area contributed by atoms with Gasteiger partial charge in [0.05, 0.1) is 0 Å². The third-order valence-corrected chi connectivity index (χ3v) is 6.13. The third kappa shape index (κ3) is 4.94. The van der Waals surface area contributed by atoms with Crippen LogP contribution in [-0.2, 0) is 9.59 Å². The van der Waals surface area contributed by atoms with Gasteiger partial charge in [-0.05, 0) is 55.5 Å². The lowest BCUT2D eigenvalue weighted by Crippen LogP contribution is -2.43. The molecule has 0 unspecified atom stereocenters. The minimum absolute atomic E-state index is 0.125. The van der Waals surface area contributed by atoms with Gasteiger partial charge in [0, 0.05) is 35.7 Å². The number of nitrogens with one attached hydrogen (secondary N) is 2. The Morgan fingerprint density at radius 3 is 2.53 bits per heavy atom. The summed E-state index contributed by atoms with van der Waals surface area (Å²) in [7, 11) is 0. The molecule has 1 aromatic heterocycles. The van der Waals surface area contributed by atoms with E-state index in [2.05, 4.69) is 10.6 Å². The number of furan rings is 1. The van der Waals surface area contributed by atoms with Crippen molar-refractivity contribution in [2.24, 2.45) is 5.92 Å². The van der Waals surface area contributed by atoms with Crippen LogP contribution >= 0.6 is 11.6 Å². The molecule has 7 nitrogen and oxygen atoms in total. The van der Waals surface area contributed by atoms with Crippen LogP contribution in [-0.4, -0.2) is 42.3 Å². The molecule has 0 bridgehead atoms. The molecule has 3 amide bonds. The van der Waals surface area contributed by atoms with Crippen LogP contribution < -0.4 is 10.6 Å². The average molecular weight is 454 g/mol. The van der Waals surface area contributed by atoms with E-state index in [1.165, 1.54) is 0 Å². The van der Waals surface area contributed by atoms with Gasteiger partial charge in [-0.3, -0.25) is 14.4 Å². The van der Waals surface area contributed by atoms with Crippen molar-refractivity contribution < 1.29 is 18.8 Å². The van der Waals surface area contributed by atoms with E-state index in [-0.39, 0.29) is 11.8 Å². The molecule has 1 aliphatic heterocycles. The summed E-state index contributed by atoms with van der Waals surface area (Å²) in [5, 5.41) is 6.66. The van der Waals surface area contributed by atoms with Gasteiger partial charge >= 0.3 is 11.8 Å². The second-order valence-electron chi connectivity index (χ2n) is 8.01. The highest BCUT2D eigenvalue weighted by Crippen LogP contribution is 2.23. The highest BCUT2D eigenvalue weighted by atomic mass is 35.5. The van der Waals surface area contributed by atoms with Crippen LogP contribution in [0.3, 0.4) is 0 Å². The first kappa shape index (κ1) is 21.9. The minimum Gasteiger partial charge on any atom is -0.451 e. The van der Waals surface area contributed by atoms with Gasteiger partial charge in [0.15, 0.2) is 5.76 Å². The first-order valence-corrected chi connectivity index (χ1v) is 10.9. The maximum absolute atomic E-state index is 12.8. The summed E-state index contributed by atoms with van der Waals surface area (Å²) in [6.45, 7) is 3.39. The largest absolute Gasteiger partial charge is 0.451 e. The number of benzene rings is 2. The van der Waals surface area contributed by atoms with Crippen LogP contribution in [0.4, 0.5) is 5.69 Å². The Labute approximate surface area is 190 Å². The Balaban J connectivity index is 1.23. The number of rotatable bonds is 4. The molecule has 0 saturated carbocycles. The van der Waals surface area contributed by atoms with Crippen LogP contribution in [0.25, 0.3) is 11.0 Å². The Morgan fingerprint density at radius 1 is 1.06 bits per heavy atom. The standard InChI is InChI=1S/C24H24ClN3O4/c1-15-6-7-18(13-19(15)25)27-23(30)22(29)26-14-16-8-10-28(11-9-16)24(31)21-12-17-4-2-3-5-20(17)32-21/h2-7,12-13,16H,8-11,14H2,1H3,(H,26,29)(H,27,30). The summed E-state index contributed by atoms with van der Waals surface area (Å²) in [5.74, 6) is -1.02. The van der Waals surface area contributed by atoms with Crippen LogP contribution in [0, 0.1) is 12.8 Å². The van der Waals surface area contributed by atoms with E-state index in [1.54, 1.807) is 29.2 Å². The molecular formula is C24H24ClN3O4. The monoisotopic (exact) mass is 453 g/mol. The van der Waals surface area contributed by atoms with Crippen molar-refractivity contribution >= 4 is 46.0 Å². The van der Waals surface area contributed by atoms with E-state index >= 15 is 0 Å². The minimum atomic E-state index is -0.734. The zero-order valence-electron chi connectivity index (χ0n) is 17.7. The van der Waals surface area contributed by atoms with Gasteiger partial charge in [0.1, 0.15) is 5.58 Å². The van der Waals surface area contributed by atoms with Crippen molar-refractivity contribution in [3.8, 4) is 0 Å². The number of piperidine rings is 1. The molecule has 2 N–H and O–H groups in total. The molecule has 1 saturated heterocycles. The quantitative estimate of drug-likeness (QED) is 0.584. The van der Waals surface area contributed by atoms with Gasteiger partial charge in [-0.1, -0.05) is 35.9 Å². The molecule has 3 aromatic rings. The zero-order chi connectivity index (χ0) is 22.7. The molecule has 1 fully saturated rings. The molecule has 32 heavy (non-hydrogen) atoms. The van der Waals surface area contributed by atoms with E-state index in [9.17, 15) is 14.4 Å². The number of para-hydroxylation sites is 1. The Morgan fingerprint density at radius 2 is 1.81 bits per heavy atom. The lowest BCUT2D eigenvalue weighted by atomic mass is 9.96. The van der Waals surface area contributed by atoms with Crippen molar-refractivity contribution in [3.63, 3.8) is 0 Å². The fraction of sp³-hybridized carbons (Fsp3) is 0.292. The normalized spacial score (nSPS) is 14.4. The maximum Gasteiger partial charge on any atom is 0.313 e. The summed E-state index contributed by atoms with van der Waals surface area (Å²) < 4.78 is 5.68. The predicted molar refractivity (Wildman–Crippen MR) is 123 cm³/mol. The number of amides is 3. The number of anilines is 1. The molecule has 1 aliphatic rings. The van der Waals surface area contributed by atoms with Gasteiger partial charge in [0.25, 0.3) is 5.91 Å². The predicted octanol–water partition coefficient (Wildman–Crippen LogP) is 4.00. The van der Waals surface area contributed by atoms with E-state index in [0.717, 1.165) is 23.8 Å². The number of hydrogen-bond acceptors (Lipinski definition) is 4. The molecule has 166 valence electrons. The molecule has 0 atom stereocenters. The molecule has 2 heterocycles. The van der Waals surface area contributed by atoms with Crippen molar-refractivity contribution in [2.75, 3.05) is 25.0 Å². The summed E-state index contributed by atoms with van der Waals surface area (Å²) >= 11 is 6.05. The van der Waals surface area contributed by atoms with E-state index in [4.69, 9.17) is 16.0 Å². The van der Waals surface area contributed by atoms with Crippen LogP contribution in [0.15, 0.2) is 52.9 Å². The molecule has 8 heteroatoms. The molecular weight excluding hydrogens is 430 g/mol. The van der Waals surface area contributed by atoms with Crippen molar-refractivity contribution in [1.29, 1.82) is 0 Å². The Hall–Kier alpha value is -3.32. The van der Waals surface area contributed by atoms with Crippen molar-refractivity contribution in [2.45, 2.75) is 19.8 Å². The lowest BCUT2D eigenvalue weighted by molar-refractivity contribution is -0.136. The van der Waals surface area contributed by atoms with Gasteiger partial charge < -0.3 is 20.0 Å². The van der Waals surface area contributed by atoms with Gasteiger partial charge in [-0.2, -0.15) is 0 Å². The number of nitrogens with zero attached hydrogens (tertiary/aromatic N) is 1. The first-order chi connectivity index (χ1) is 15.4. The fourth-order valence-corrected chi connectivity index (χ4v) is 3.94. The van der Waals surface area contributed by atoms with Crippen LogP contribution in [0.1, 0.15) is 29.0 Å². The topological polar surface area (TPSA) is 91.7 Å². The molecule has 0 radical (unpaired) electrons. The SMILES string of the molecule is Cc1ccc(NC(=O)C(=O)NCC2CCN(C(=O)c3cc4ccccc4o3)CC2)cc1Cl. The smallest absolute Gasteiger partial charge is 0.313 e. The van der Waals surface area contributed by atoms with E-state index in [1.807, 2.05) is 31.2 Å². The number of carbonyl (C=O) groups is 3. The van der Waals surface area contributed by atoms with Gasteiger partial charge in [-0.25, -0.2) is 0 Å². The van der Waals surface area contributed by atoms with Gasteiger partial charge in [-0.15, -0.1) is 0 Å². The molecule has 2 aromatic carbocycles. The maximum atomic E-state index is 12.8. The second-order valence-corrected chi connectivity index (χ2v) is 8.42. The summed E-state index contributed by atoms with van der Waals surface area (Å²) in [6.07, 6.45) is 1.48. The molecule has 0 aliphatic carbocycles.